The molecule has 1 aliphatic rings. The van der Waals surface area contributed by atoms with Crippen LogP contribution in [0.25, 0.3) is 0 Å². The van der Waals surface area contributed by atoms with Crippen molar-refractivity contribution in [2.24, 2.45) is 0 Å². The lowest BCUT2D eigenvalue weighted by atomic mass is 10.1. The summed E-state index contributed by atoms with van der Waals surface area (Å²) in [6.07, 6.45) is 0.929. The number of benzene rings is 1. The summed E-state index contributed by atoms with van der Waals surface area (Å²) in [7, 11) is 0. The molecule has 98 valence electrons. The molecule has 1 aromatic rings. The average Bonchev–Trinajstić information content (AvgIpc) is 2.89. The van der Waals surface area contributed by atoms with Crippen LogP contribution in [0.4, 0.5) is 4.39 Å². The first-order chi connectivity index (χ1) is 8.66. The summed E-state index contributed by atoms with van der Waals surface area (Å²) in [5.41, 5.74) is 0.467. The van der Waals surface area contributed by atoms with Crippen molar-refractivity contribution in [3.8, 4) is 0 Å². The zero-order chi connectivity index (χ0) is 13.0. The lowest BCUT2D eigenvalue weighted by molar-refractivity contribution is -0.123. The van der Waals surface area contributed by atoms with E-state index in [0.29, 0.717) is 5.56 Å². The predicted octanol–water partition coefficient (Wildman–Crippen LogP) is 0.727. The highest BCUT2D eigenvalue weighted by atomic mass is 19.1. The van der Waals surface area contributed by atoms with E-state index in [2.05, 4.69) is 10.6 Å². The predicted molar refractivity (Wildman–Crippen MR) is 65.4 cm³/mol. The Kier molecular flexibility index (Phi) is 4.28. The first kappa shape index (κ1) is 13.0. The summed E-state index contributed by atoms with van der Waals surface area (Å²) in [4.78, 5) is 11.7. The van der Waals surface area contributed by atoms with E-state index in [1.165, 1.54) is 18.2 Å². The summed E-state index contributed by atoms with van der Waals surface area (Å²) in [6.45, 7) is 0.949. The van der Waals surface area contributed by atoms with E-state index < -0.39 is 11.9 Å². The van der Waals surface area contributed by atoms with Gasteiger partial charge in [0, 0.05) is 6.54 Å². The van der Waals surface area contributed by atoms with Crippen LogP contribution in [-0.2, 0) is 4.79 Å². The molecule has 5 heteroatoms. The number of carbonyl (C=O) groups is 1. The van der Waals surface area contributed by atoms with E-state index in [1.54, 1.807) is 6.07 Å². The van der Waals surface area contributed by atoms with Crippen LogP contribution >= 0.6 is 0 Å². The summed E-state index contributed by atoms with van der Waals surface area (Å²) in [5.74, 6) is -0.502. The maximum atomic E-state index is 13.0. The molecular weight excluding hydrogens is 235 g/mol. The monoisotopic (exact) mass is 252 g/mol. The standard InChI is InChI=1S/C13H17FN2O2/c14-10-4-1-3-9(7-10)12(17)8-16-13(18)11-5-2-6-15-11/h1,3-4,7,11-12,15,17H,2,5-6,8H2,(H,16,18). The third kappa shape index (κ3) is 3.27. The van der Waals surface area contributed by atoms with Crippen molar-refractivity contribution in [3.63, 3.8) is 0 Å². The summed E-state index contributed by atoms with van der Waals surface area (Å²) in [6, 6.07) is 5.59. The fraction of sp³-hybridized carbons (Fsp3) is 0.462. The minimum Gasteiger partial charge on any atom is -0.387 e. The van der Waals surface area contributed by atoms with Gasteiger partial charge in [0.25, 0.3) is 0 Å². The van der Waals surface area contributed by atoms with Gasteiger partial charge in [0.2, 0.25) is 5.91 Å². The van der Waals surface area contributed by atoms with E-state index in [-0.39, 0.29) is 18.5 Å². The number of nitrogens with one attached hydrogen (secondary N) is 2. The molecule has 1 aromatic carbocycles. The molecule has 0 saturated carbocycles. The fourth-order valence-electron chi connectivity index (χ4n) is 2.06. The van der Waals surface area contributed by atoms with Crippen molar-refractivity contribution < 1.29 is 14.3 Å². The second-order valence-electron chi connectivity index (χ2n) is 4.46. The molecule has 4 nitrogen and oxygen atoms in total. The number of halogens is 1. The van der Waals surface area contributed by atoms with Gasteiger partial charge in [-0.1, -0.05) is 12.1 Å². The highest BCUT2D eigenvalue weighted by Gasteiger charge is 2.22. The van der Waals surface area contributed by atoms with Crippen molar-refractivity contribution in [3.05, 3.63) is 35.6 Å². The average molecular weight is 252 g/mol. The van der Waals surface area contributed by atoms with Crippen molar-refractivity contribution in [1.82, 2.24) is 10.6 Å². The van der Waals surface area contributed by atoms with E-state index in [0.717, 1.165) is 19.4 Å². The molecule has 2 rings (SSSR count). The first-order valence-electron chi connectivity index (χ1n) is 6.11. The van der Waals surface area contributed by atoms with E-state index in [4.69, 9.17) is 0 Å². The van der Waals surface area contributed by atoms with Crippen molar-refractivity contribution in [1.29, 1.82) is 0 Å². The molecule has 0 radical (unpaired) electrons. The highest BCUT2D eigenvalue weighted by Crippen LogP contribution is 2.13. The third-order valence-electron chi connectivity index (χ3n) is 3.08. The molecule has 1 amide bonds. The second kappa shape index (κ2) is 5.93. The maximum absolute atomic E-state index is 13.0. The van der Waals surface area contributed by atoms with Crippen LogP contribution in [0.3, 0.4) is 0 Å². The molecule has 1 heterocycles. The Hall–Kier alpha value is -1.46. The molecule has 1 saturated heterocycles. The van der Waals surface area contributed by atoms with Gasteiger partial charge < -0.3 is 15.7 Å². The third-order valence-corrected chi connectivity index (χ3v) is 3.08. The molecule has 2 unspecified atom stereocenters. The van der Waals surface area contributed by atoms with Crippen LogP contribution < -0.4 is 10.6 Å². The zero-order valence-corrected chi connectivity index (χ0v) is 10.0. The van der Waals surface area contributed by atoms with Gasteiger partial charge in [-0.05, 0) is 37.1 Å². The van der Waals surface area contributed by atoms with Crippen molar-refractivity contribution in [2.45, 2.75) is 25.0 Å². The Morgan fingerprint density at radius 3 is 3.11 bits per heavy atom. The largest absolute Gasteiger partial charge is 0.387 e. The van der Waals surface area contributed by atoms with Gasteiger partial charge in [-0.2, -0.15) is 0 Å². The normalized spacial score (nSPS) is 20.7. The van der Waals surface area contributed by atoms with Gasteiger partial charge >= 0.3 is 0 Å². The van der Waals surface area contributed by atoms with E-state index >= 15 is 0 Å². The van der Waals surface area contributed by atoms with Gasteiger partial charge in [-0.15, -0.1) is 0 Å². The number of hydrogen-bond acceptors (Lipinski definition) is 3. The van der Waals surface area contributed by atoms with Gasteiger partial charge in [-0.3, -0.25) is 4.79 Å². The first-order valence-corrected chi connectivity index (χ1v) is 6.11. The number of carbonyl (C=O) groups excluding carboxylic acids is 1. The summed E-state index contributed by atoms with van der Waals surface area (Å²) >= 11 is 0. The number of aliphatic hydroxyl groups is 1. The van der Waals surface area contributed by atoms with Crippen LogP contribution in [0.1, 0.15) is 24.5 Å². The summed E-state index contributed by atoms with van der Waals surface area (Å²) < 4.78 is 13.0. The minimum atomic E-state index is -0.883. The maximum Gasteiger partial charge on any atom is 0.237 e. The number of aliphatic hydroxyl groups excluding tert-OH is 1. The molecule has 0 bridgehead atoms. The Morgan fingerprint density at radius 1 is 1.61 bits per heavy atom. The van der Waals surface area contributed by atoms with Gasteiger partial charge in [0.1, 0.15) is 5.82 Å². The molecule has 2 atom stereocenters. The number of hydrogen-bond donors (Lipinski definition) is 3. The minimum absolute atomic E-state index is 0.0977. The Labute approximate surface area is 105 Å². The SMILES string of the molecule is O=C(NCC(O)c1cccc(F)c1)C1CCCN1. The molecule has 0 aliphatic carbocycles. The van der Waals surface area contributed by atoms with Crippen molar-refractivity contribution >= 4 is 5.91 Å². The molecule has 1 aliphatic heterocycles. The second-order valence-corrected chi connectivity index (χ2v) is 4.46. The van der Waals surface area contributed by atoms with Crippen LogP contribution in [0.5, 0.6) is 0 Å². The van der Waals surface area contributed by atoms with Crippen LogP contribution in [0.15, 0.2) is 24.3 Å². The Balaban J connectivity index is 1.84. The lowest BCUT2D eigenvalue weighted by Crippen LogP contribution is -2.41. The highest BCUT2D eigenvalue weighted by molar-refractivity contribution is 5.82. The van der Waals surface area contributed by atoms with Crippen LogP contribution in [0.2, 0.25) is 0 Å². The topological polar surface area (TPSA) is 61.4 Å². The van der Waals surface area contributed by atoms with Crippen LogP contribution in [0, 0.1) is 5.82 Å². The molecule has 3 N–H and O–H groups in total. The van der Waals surface area contributed by atoms with E-state index in [9.17, 15) is 14.3 Å². The van der Waals surface area contributed by atoms with Gasteiger partial charge in [-0.25, -0.2) is 4.39 Å². The lowest BCUT2D eigenvalue weighted by Gasteiger charge is -2.15. The zero-order valence-electron chi connectivity index (χ0n) is 10.0. The van der Waals surface area contributed by atoms with Crippen molar-refractivity contribution in [2.75, 3.05) is 13.1 Å². The quantitative estimate of drug-likeness (QED) is 0.740. The molecule has 0 spiro atoms. The number of rotatable bonds is 4. The van der Waals surface area contributed by atoms with Crippen LogP contribution in [-0.4, -0.2) is 30.1 Å². The number of amides is 1. The summed E-state index contributed by atoms with van der Waals surface area (Å²) in [5, 5.41) is 15.6. The smallest absolute Gasteiger partial charge is 0.237 e. The molecule has 0 aromatic heterocycles. The molecule has 18 heavy (non-hydrogen) atoms. The molecule has 1 fully saturated rings. The van der Waals surface area contributed by atoms with Gasteiger partial charge in [0.15, 0.2) is 0 Å². The van der Waals surface area contributed by atoms with Gasteiger partial charge in [0.05, 0.1) is 12.1 Å². The molecular formula is C13H17FN2O2. The van der Waals surface area contributed by atoms with E-state index in [1.807, 2.05) is 0 Å². The fourth-order valence-corrected chi connectivity index (χ4v) is 2.06. The Morgan fingerprint density at radius 2 is 2.44 bits per heavy atom. The Bertz CT molecular complexity index is 419.